The zero-order valence-corrected chi connectivity index (χ0v) is 20.8. The first-order chi connectivity index (χ1) is 16.4. The van der Waals surface area contributed by atoms with Crippen LogP contribution in [0.2, 0.25) is 0 Å². The van der Waals surface area contributed by atoms with Crippen molar-refractivity contribution in [3.63, 3.8) is 0 Å². The largest absolute Gasteiger partial charge is 0.598 e. The Kier molecular flexibility index (Phi) is 7.07. The number of Topliss-reactive ketones (excluding diaryl/α,β-unsaturated/α-hetero) is 1. The number of amides is 4. The molecule has 0 bridgehead atoms. The first-order valence-corrected chi connectivity index (χ1v) is 12.9. The van der Waals surface area contributed by atoms with Crippen LogP contribution in [0.1, 0.15) is 57.6 Å². The SMILES string of the molecule is CC(C)(C)[S+]([O-])N[C@]1(CC(=O)C2C(=O)NC(=O)N(C3CCOCC3)C2=O)CCc2cccc(F)c21. The van der Waals surface area contributed by atoms with Crippen molar-refractivity contribution in [2.45, 2.75) is 69.2 Å². The van der Waals surface area contributed by atoms with Gasteiger partial charge in [0, 0.05) is 42.6 Å². The van der Waals surface area contributed by atoms with Gasteiger partial charge in [-0.1, -0.05) is 12.1 Å². The summed E-state index contributed by atoms with van der Waals surface area (Å²) in [5.74, 6) is -4.93. The maximum Gasteiger partial charge on any atom is 0.331 e. The number of benzene rings is 1. The van der Waals surface area contributed by atoms with E-state index in [1.165, 1.54) is 6.07 Å². The van der Waals surface area contributed by atoms with Crippen molar-refractivity contribution in [1.29, 1.82) is 0 Å². The summed E-state index contributed by atoms with van der Waals surface area (Å²) in [6.45, 7) is 5.96. The van der Waals surface area contributed by atoms with Crippen molar-refractivity contribution in [2.75, 3.05) is 13.2 Å². The minimum atomic E-state index is -1.74. The summed E-state index contributed by atoms with van der Waals surface area (Å²) < 4.78 is 35.7. The lowest BCUT2D eigenvalue weighted by Crippen LogP contribution is -2.63. The summed E-state index contributed by atoms with van der Waals surface area (Å²) in [7, 11) is 0. The van der Waals surface area contributed by atoms with Gasteiger partial charge in [0.15, 0.2) is 11.7 Å². The van der Waals surface area contributed by atoms with Gasteiger partial charge in [-0.25, -0.2) is 9.18 Å². The quantitative estimate of drug-likeness (QED) is 0.444. The number of carbonyl (C=O) groups is 4. The average Bonchev–Trinajstić information content (AvgIpc) is 3.12. The number of imide groups is 2. The van der Waals surface area contributed by atoms with Crippen LogP contribution in [0.5, 0.6) is 0 Å². The third kappa shape index (κ3) is 4.87. The summed E-state index contributed by atoms with van der Waals surface area (Å²) in [5, 5.41) is 2.13. The molecular formula is C24H30FN3O6S. The molecule has 2 aliphatic heterocycles. The topological polar surface area (TPSA) is 128 Å². The lowest BCUT2D eigenvalue weighted by atomic mass is 9.82. The van der Waals surface area contributed by atoms with Crippen molar-refractivity contribution < 1.29 is 32.9 Å². The van der Waals surface area contributed by atoms with Crippen LogP contribution in [-0.4, -0.2) is 57.1 Å². The van der Waals surface area contributed by atoms with Gasteiger partial charge >= 0.3 is 6.03 Å². The summed E-state index contributed by atoms with van der Waals surface area (Å²) in [5.41, 5.74) is -0.455. The maximum atomic E-state index is 15.1. The van der Waals surface area contributed by atoms with E-state index in [0.717, 1.165) is 4.90 Å². The summed E-state index contributed by atoms with van der Waals surface area (Å²) in [6, 6.07) is 3.26. The lowest BCUT2D eigenvalue weighted by molar-refractivity contribution is -0.150. The van der Waals surface area contributed by atoms with Crippen LogP contribution in [0.15, 0.2) is 18.2 Å². The predicted molar refractivity (Wildman–Crippen MR) is 125 cm³/mol. The second-order valence-electron chi connectivity index (χ2n) is 10.3. The van der Waals surface area contributed by atoms with Gasteiger partial charge in [-0.3, -0.25) is 24.6 Å². The van der Waals surface area contributed by atoms with E-state index in [2.05, 4.69) is 10.0 Å². The van der Waals surface area contributed by atoms with Gasteiger partial charge in [-0.2, -0.15) is 0 Å². The molecule has 3 aliphatic rings. The Bertz CT molecular complexity index is 1050. The third-order valence-electron chi connectivity index (χ3n) is 6.79. The Morgan fingerprint density at radius 3 is 2.63 bits per heavy atom. The number of rotatable bonds is 6. The molecule has 190 valence electrons. The van der Waals surface area contributed by atoms with Crippen LogP contribution < -0.4 is 10.0 Å². The highest BCUT2D eigenvalue weighted by Crippen LogP contribution is 2.43. The van der Waals surface area contributed by atoms with Gasteiger partial charge in [-0.05, 0) is 58.1 Å². The van der Waals surface area contributed by atoms with Crippen LogP contribution in [-0.2, 0) is 42.4 Å². The van der Waals surface area contributed by atoms with E-state index in [4.69, 9.17) is 4.74 Å². The molecule has 1 aromatic rings. The van der Waals surface area contributed by atoms with Crippen molar-refractivity contribution in [3.05, 3.63) is 35.1 Å². The van der Waals surface area contributed by atoms with Crippen LogP contribution in [0.25, 0.3) is 0 Å². The Morgan fingerprint density at radius 2 is 1.97 bits per heavy atom. The maximum absolute atomic E-state index is 15.1. The number of fused-ring (bicyclic) bond motifs is 1. The first-order valence-electron chi connectivity index (χ1n) is 11.7. The fraction of sp³-hybridized carbons (Fsp3) is 0.583. The predicted octanol–water partition coefficient (Wildman–Crippen LogP) is 1.85. The highest BCUT2D eigenvalue weighted by molar-refractivity contribution is 7.90. The third-order valence-corrected chi connectivity index (χ3v) is 8.48. The molecule has 11 heteroatoms. The normalized spacial score (nSPS) is 26.5. The van der Waals surface area contributed by atoms with E-state index in [9.17, 15) is 23.7 Å². The molecule has 2 heterocycles. The highest BCUT2D eigenvalue weighted by Gasteiger charge is 2.53. The van der Waals surface area contributed by atoms with Crippen molar-refractivity contribution in [3.8, 4) is 0 Å². The molecule has 1 aliphatic carbocycles. The molecule has 0 aromatic heterocycles. The Labute approximate surface area is 206 Å². The molecule has 4 amide bonds. The fourth-order valence-corrected chi connectivity index (χ4v) is 5.93. The van der Waals surface area contributed by atoms with Crippen molar-refractivity contribution in [1.82, 2.24) is 14.9 Å². The number of halogens is 1. The Hall–Kier alpha value is -2.34. The molecule has 2 N–H and O–H groups in total. The molecule has 0 radical (unpaired) electrons. The van der Waals surface area contributed by atoms with E-state index in [0.29, 0.717) is 38.0 Å². The molecule has 4 rings (SSSR count). The minimum absolute atomic E-state index is 0.229. The lowest BCUT2D eigenvalue weighted by Gasteiger charge is -2.38. The summed E-state index contributed by atoms with van der Waals surface area (Å²) >= 11 is -1.67. The first kappa shape index (κ1) is 25.7. The number of carbonyl (C=O) groups excluding carboxylic acids is 4. The van der Waals surface area contributed by atoms with Crippen LogP contribution in [0.3, 0.4) is 0 Å². The van der Waals surface area contributed by atoms with E-state index >= 15 is 4.39 Å². The summed E-state index contributed by atoms with van der Waals surface area (Å²) in [4.78, 5) is 52.9. The number of hydrogen-bond acceptors (Lipinski definition) is 7. The van der Waals surface area contributed by atoms with E-state index in [1.54, 1.807) is 32.9 Å². The highest BCUT2D eigenvalue weighted by atomic mass is 32.2. The molecule has 2 fully saturated rings. The molecule has 1 aromatic carbocycles. The second-order valence-corrected chi connectivity index (χ2v) is 12.2. The molecule has 0 saturated carbocycles. The zero-order chi connectivity index (χ0) is 25.5. The number of barbiturate groups is 1. The van der Waals surface area contributed by atoms with Gasteiger partial charge in [0.2, 0.25) is 5.91 Å². The molecule has 9 nitrogen and oxygen atoms in total. The molecule has 0 spiro atoms. The second kappa shape index (κ2) is 9.61. The summed E-state index contributed by atoms with van der Waals surface area (Å²) in [6.07, 6.45) is 1.09. The Morgan fingerprint density at radius 1 is 1.29 bits per heavy atom. The molecular weight excluding hydrogens is 477 g/mol. The molecule has 3 atom stereocenters. The van der Waals surface area contributed by atoms with Gasteiger partial charge in [-0.15, -0.1) is 4.72 Å². The van der Waals surface area contributed by atoms with Gasteiger partial charge in [0.05, 0.1) is 5.54 Å². The standard InChI is InChI=1S/C24H30FN3O6S/c1-23(2,3)35(33)27-24(10-7-14-5-4-6-16(25)19(14)24)13-17(29)18-20(30)26-22(32)28(21(18)31)15-8-11-34-12-9-15/h4-6,15,18,27H,7-13H2,1-3H3,(H,26,30,32)/t18?,24-,35?/m0/s1. The fourth-order valence-electron chi connectivity index (χ4n) is 4.99. The number of aryl methyl sites for hydroxylation is 1. The number of urea groups is 1. The van der Waals surface area contributed by atoms with Crippen molar-refractivity contribution in [2.24, 2.45) is 5.92 Å². The van der Waals surface area contributed by atoms with E-state index in [1.807, 2.05) is 0 Å². The van der Waals surface area contributed by atoms with Crippen LogP contribution in [0, 0.1) is 11.7 Å². The average molecular weight is 508 g/mol. The number of nitrogens with zero attached hydrogens (tertiary/aromatic N) is 1. The van der Waals surface area contributed by atoms with Gasteiger partial charge < -0.3 is 9.29 Å². The number of ketones is 1. The van der Waals surface area contributed by atoms with Crippen molar-refractivity contribution >= 4 is 35.0 Å². The molecule has 35 heavy (non-hydrogen) atoms. The van der Waals surface area contributed by atoms with E-state index in [-0.39, 0.29) is 12.0 Å². The minimum Gasteiger partial charge on any atom is -0.598 e. The van der Waals surface area contributed by atoms with Gasteiger partial charge in [0.25, 0.3) is 5.91 Å². The number of nitrogens with one attached hydrogen (secondary N) is 2. The molecule has 2 unspecified atom stereocenters. The number of ether oxygens (including phenoxy) is 1. The molecule has 2 saturated heterocycles. The van der Waals surface area contributed by atoms with Crippen LogP contribution in [0.4, 0.5) is 9.18 Å². The number of hydrogen-bond donors (Lipinski definition) is 2. The van der Waals surface area contributed by atoms with Gasteiger partial charge in [0.1, 0.15) is 10.6 Å². The monoisotopic (exact) mass is 507 g/mol. The van der Waals surface area contributed by atoms with Crippen LogP contribution >= 0.6 is 0 Å². The Balaban J connectivity index is 1.66. The smallest absolute Gasteiger partial charge is 0.331 e. The van der Waals surface area contributed by atoms with E-state index < -0.39 is 69.5 Å². The zero-order valence-electron chi connectivity index (χ0n) is 20.0.